The van der Waals surface area contributed by atoms with Crippen molar-refractivity contribution in [3.8, 4) is 11.8 Å². The number of ketones is 2. The molecule has 1 saturated heterocycles. The Morgan fingerprint density at radius 3 is 2.07 bits per heavy atom. The lowest BCUT2D eigenvalue weighted by Crippen LogP contribution is -2.48. The summed E-state index contributed by atoms with van der Waals surface area (Å²) in [7, 11) is 0. The molecule has 1 N–H and O–H groups in total. The molecule has 0 aromatic heterocycles. The van der Waals surface area contributed by atoms with Crippen molar-refractivity contribution in [2.75, 3.05) is 13.1 Å². The highest BCUT2D eigenvalue weighted by molar-refractivity contribution is 6.10. The van der Waals surface area contributed by atoms with Crippen LogP contribution < -0.4 is 0 Å². The van der Waals surface area contributed by atoms with Crippen molar-refractivity contribution < 1.29 is 19.5 Å². The van der Waals surface area contributed by atoms with Gasteiger partial charge < -0.3 is 10.0 Å². The summed E-state index contributed by atoms with van der Waals surface area (Å²) >= 11 is 0. The normalized spacial score (nSPS) is 19.7. The number of likely N-dealkylation sites (tertiary alicyclic amines) is 1. The van der Waals surface area contributed by atoms with Gasteiger partial charge in [0.05, 0.1) is 0 Å². The number of carboxylic acid groups (broad SMARTS) is 1. The zero-order chi connectivity index (χ0) is 19.8. The molecule has 3 rings (SSSR count). The van der Waals surface area contributed by atoms with Gasteiger partial charge in [-0.05, 0) is 67.9 Å². The second-order valence-corrected chi connectivity index (χ2v) is 7.89. The molecule has 1 heterocycles. The number of Topliss-reactive ketones (excluding diaryl/α,β-unsaturated/α-hetero) is 2. The van der Waals surface area contributed by atoms with E-state index in [9.17, 15) is 14.4 Å². The zero-order valence-electron chi connectivity index (χ0n) is 16.1. The van der Waals surface area contributed by atoms with Gasteiger partial charge in [-0.3, -0.25) is 9.59 Å². The van der Waals surface area contributed by atoms with E-state index in [1.165, 1.54) is 4.90 Å². The molecular weight excluding hydrogens is 342 g/mol. The Hall–Kier alpha value is -2.61. The van der Waals surface area contributed by atoms with Gasteiger partial charge in [-0.1, -0.05) is 5.92 Å². The SMILES string of the molecule is CC#Cc1cc(C)c(C2C(=O)CC3(CCN(C(=O)O)CC3)CC2=O)c(C)c1. The number of hydrogen-bond acceptors (Lipinski definition) is 3. The molecule has 0 unspecified atom stereocenters. The van der Waals surface area contributed by atoms with E-state index in [1.54, 1.807) is 6.92 Å². The molecular formula is C22H25NO4. The Bertz CT molecular complexity index is 823. The number of carbonyl (C=O) groups excluding carboxylic acids is 2. The van der Waals surface area contributed by atoms with E-state index in [4.69, 9.17) is 5.11 Å². The predicted molar refractivity (Wildman–Crippen MR) is 102 cm³/mol. The van der Waals surface area contributed by atoms with Gasteiger partial charge in [0.25, 0.3) is 0 Å². The van der Waals surface area contributed by atoms with Crippen molar-refractivity contribution >= 4 is 17.7 Å². The van der Waals surface area contributed by atoms with E-state index in [0.717, 1.165) is 22.3 Å². The van der Waals surface area contributed by atoms with Crippen molar-refractivity contribution in [2.45, 2.75) is 52.4 Å². The molecule has 1 aliphatic heterocycles. The minimum absolute atomic E-state index is 0.0319. The highest BCUT2D eigenvalue weighted by Gasteiger charge is 2.47. The van der Waals surface area contributed by atoms with E-state index in [2.05, 4.69) is 11.8 Å². The highest BCUT2D eigenvalue weighted by Crippen LogP contribution is 2.46. The van der Waals surface area contributed by atoms with Crippen LogP contribution in [0.15, 0.2) is 12.1 Å². The van der Waals surface area contributed by atoms with Gasteiger partial charge in [-0.25, -0.2) is 4.79 Å². The van der Waals surface area contributed by atoms with Crippen molar-refractivity contribution in [1.82, 2.24) is 4.90 Å². The van der Waals surface area contributed by atoms with Gasteiger partial charge in [-0.15, -0.1) is 5.92 Å². The molecule has 0 atom stereocenters. The lowest BCUT2D eigenvalue weighted by atomic mass is 9.62. The molecule has 2 aliphatic rings. The first kappa shape index (κ1) is 19.2. The van der Waals surface area contributed by atoms with Crippen molar-refractivity contribution in [1.29, 1.82) is 0 Å². The number of amides is 1. The Morgan fingerprint density at radius 2 is 1.63 bits per heavy atom. The molecule has 0 radical (unpaired) electrons. The zero-order valence-corrected chi connectivity index (χ0v) is 16.1. The Kier molecular flexibility index (Phi) is 5.10. The number of nitrogens with zero attached hydrogens (tertiary/aromatic N) is 1. The summed E-state index contributed by atoms with van der Waals surface area (Å²) in [5.74, 6) is 5.14. The van der Waals surface area contributed by atoms with E-state index < -0.39 is 12.0 Å². The quantitative estimate of drug-likeness (QED) is 0.609. The second-order valence-electron chi connectivity index (χ2n) is 7.89. The fraction of sp³-hybridized carbons (Fsp3) is 0.500. The van der Waals surface area contributed by atoms with E-state index in [0.29, 0.717) is 38.8 Å². The molecule has 1 spiro atoms. The molecule has 1 saturated carbocycles. The topological polar surface area (TPSA) is 74.7 Å². The number of piperidine rings is 1. The van der Waals surface area contributed by atoms with Crippen molar-refractivity contribution in [3.63, 3.8) is 0 Å². The first-order chi connectivity index (χ1) is 12.8. The number of benzene rings is 1. The van der Waals surface area contributed by atoms with Crippen LogP contribution in [-0.2, 0) is 9.59 Å². The van der Waals surface area contributed by atoms with Crippen LogP contribution in [0.2, 0.25) is 0 Å². The monoisotopic (exact) mass is 367 g/mol. The van der Waals surface area contributed by atoms with Crippen LogP contribution in [-0.4, -0.2) is 40.8 Å². The molecule has 1 amide bonds. The standard InChI is InChI=1S/C22H25NO4/c1-4-5-16-10-14(2)19(15(3)11-16)20-17(24)12-22(13-18(20)25)6-8-23(9-7-22)21(26)27/h10-11,20H,6-9,12-13H2,1-3H3,(H,26,27). The predicted octanol–water partition coefficient (Wildman–Crippen LogP) is 3.45. The third-order valence-electron chi connectivity index (χ3n) is 5.99. The lowest BCUT2D eigenvalue weighted by Gasteiger charge is -2.44. The van der Waals surface area contributed by atoms with Crippen molar-refractivity contribution in [2.24, 2.45) is 5.41 Å². The molecule has 1 aromatic carbocycles. The maximum Gasteiger partial charge on any atom is 0.407 e. The third kappa shape index (κ3) is 3.62. The van der Waals surface area contributed by atoms with Crippen LogP contribution in [0.3, 0.4) is 0 Å². The number of rotatable bonds is 1. The summed E-state index contributed by atoms with van der Waals surface area (Å²) < 4.78 is 0. The summed E-state index contributed by atoms with van der Waals surface area (Å²) in [6, 6.07) is 3.88. The lowest BCUT2D eigenvalue weighted by molar-refractivity contribution is -0.138. The minimum Gasteiger partial charge on any atom is -0.465 e. The molecule has 1 aromatic rings. The van der Waals surface area contributed by atoms with Gasteiger partial charge in [0.15, 0.2) is 0 Å². The first-order valence-corrected chi connectivity index (χ1v) is 9.33. The Morgan fingerprint density at radius 1 is 1.11 bits per heavy atom. The number of hydrogen-bond donors (Lipinski definition) is 1. The van der Waals surface area contributed by atoms with Crippen LogP contribution >= 0.6 is 0 Å². The number of aryl methyl sites for hydroxylation is 2. The van der Waals surface area contributed by atoms with E-state index >= 15 is 0 Å². The first-order valence-electron chi connectivity index (χ1n) is 9.33. The maximum atomic E-state index is 13.0. The number of carbonyl (C=O) groups is 3. The van der Waals surface area contributed by atoms with E-state index in [1.807, 2.05) is 26.0 Å². The van der Waals surface area contributed by atoms with Gasteiger partial charge in [0.1, 0.15) is 17.5 Å². The van der Waals surface area contributed by atoms with Crippen LogP contribution in [0.4, 0.5) is 4.79 Å². The minimum atomic E-state index is -0.933. The van der Waals surface area contributed by atoms with Gasteiger partial charge >= 0.3 is 6.09 Å². The van der Waals surface area contributed by atoms with Gasteiger partial charge in [0, 0.05) is 31.5 Å². The third-order valence-corrected chi connectivity index (χ3v) is 5.99. The molecule has 5 heteroatoms. The molecule has 5 nitrogen and oxygen atoms in total. The summed E-state index contributed by atoms with van der Waals surface area (Å²) in [4.78, 5) is 38.6. The Labute approximate surface area is 159 Å². The fourth-order valence-electron chi connectivity index (χ4n) is 4.68. The average molecular weight is 367 g/mol. The summed E-state index contributed by atoms with van der Waals surface area (Å²) in [5.41, 5.74) is 3.20. The maximum absolute atomic E-state index is 13.0. The summed E-state index contributed by atoms with van der Waals surface area (Å²) in [6.07, 6.45) is 0.926. The van der Waals surface area contributed by atoms with Crippen LogP contribution in [0.5, 0.6) is 0 Å². The highest BCUT2D eigenvalue weighted by atomic mass is 16.4. The summed E-state index contributed by atoms with van der Waals surface area (Å²) in [5, 5.41) is 9.12. The molecule has 27 heavy (non-hydrogen) atoms. The molecule has 0 bridgehead atoms. The average Bonchev–Trinajstić information content (AvgIpc) is 2.57. The Balaban J connectivity index is 1.85. The van der Waals surface area contributed by atoms with Crippen LogP contribution in [0.1, 0.15) is 60.8 Å². The van der Waals surface area contributed by atoms with Crippen LogP contribution in [0.25, 0.3) is 0 Å². The van der Waals surface area contributed by atoms with E-state index in [-0.39, 0.29) is 17.0 Å². The molecule has 2 fully saturated rings. The largest absolute Gasteiger partial charge is 0.465 e. The smallest absolute Gasteiger partial charge is 0.407 e. The molecule has 1 aliphatic carbocycles. The second kappa shape index (κ2) is 7.19. The fourth-order valence-corrected chi connectivity index (χ4v) is 4.68. The van der Waals surface area contributed by atoms with Gasteiger partial charge in [0.2, 0.25) is 0 Å². The van der Waals surface area contributed by atoms with Gasteiger partial charge in [-0.2, -0.15) is 0 Å². The summed E-state index contributed by atoms with van der Waals surface area (Å²) in [6.45, 7) is 6.42. The van der Waals surface area contributed by atoms with Crippen molar-refractivity contribution in [3.05, 3.63) is 34.4 Å². The molecule has 142 valence electrons. The van der Waals surface area contributed by atoms with Crippen LogP contribution in [0, 0.1) is 31.1 Å².